The van der Waals surface area contributed by atoms with Gasteiger partial charge in [0.25, 0.3) is 0 Å². The van der Waals surface area contributed by atoms with Gasteiger partial charge in [-0.15, -0.1) is 0 Å². The van der Waals surface area contributed by atoms with E-state index in [4.69, 9.17) is 0 Å². The highest BCUT2D eigenvalue weighted by Crippen LogP contribution is 2.30. The smallest absolute Gasteiger partial charge is 0.242 e. The molecule has 130 valence electrons. The first-order valence-corrected chi connectivity index (χ1v) is 10.3. The molecule has 1 saturated carbocycles. The lowest BCUT2D eigenvalue weighted by atomic mass is 9.89. The number of benzene rings is 1. The number of hydrogen-bond donors (Lipinski definition) is 1. The van der Waals surface area contributed by atoms with Crippen molar-refractivity contribution < 1.29 is 13.2 Å². The summed E-state index contributed by atoms with van der Waals surface area (Å²) in [6.07, 6.45) is 5.27. The zero-order valence-electron chi connectivity index (χ0n) is 13.8. The van der Waals surface area contributed by atoms with Gasteiger partial charge in [0.15, 0.2) is 5.13 Å². The van der Waals surface area contributed by atoms with Crippen molar-refractivity contribution in [3.8, 4) is 0 Å². The van der Waals surface area contributed by atoms with Crippen LogP contribution in [-0.2, 0) is 14.8 Å². The van der Waals surface area contributed by atoms with Crippen molar-refractivity contribution in [3.05, 3.63) is 18.2 Å². The maximum atomic E-state index is 12.3. The number of nitrogens with zero attached hydrogens (tertiary/aromatic N) is 2. The molecule has 0 bridgehead atoms. The van der Waals surface area contributed by atoms with Crippen LogP contribution in [0.3, 0.4) is 0 Å². The normalized spacial score (nSPS) is 16.6. The SMILES string of the molecule is CN(C)S(=O)(=O)c1ccc2nc(NC(=O)C3CCCCC3)sc2c1. The van der Waals surface area contributed by atoms with Gasteiger partial charge in [0.2, 0.25) is 15.9 Å². The molecule has 1 aromatic heterocycles. The number of rotatable bonds is 4. The van der Waals surface area contributed by atoms with Gasteiger partial charge in [-0.3, -0.25) is 4.79 Å². The molecule has 0 radical (unpaired) electrons. The van der Waals surface area contributed by atoms with Crippen LogP contribution in [0.5, 0.6) is 0 Å². The van der Waals surface area contributed by atoms with E-state index in [0.29, 0.717) is 10.6 Å². The number of aromatic nitrogens is 1. The van der Waals surface area contributed by atoms with E-state index < -0.39 is 10.0 Å². The Bertz CT molecular complexity index is 853. The lowest BCUT2D eigenvalue weighted by Gasteiger charge is -2.19. The van der Waals surface area contributed by atoms with Crippen LogP contribution in [0.2, 0.25) is 0 Å². The molecule has 8 heteroatoms. The fourth-order valence-corrected chi connectivity index (χ4v) is 4.81. The average molecular weight is 367 g/mol. The average Bonchev–Trinajstić information content (AvgIpc) is 2.96. The second kappa shape index (κ2) is 6.78. The summed E-state index contributed by atoms with van der Waals surface area (Å²) in [5.74, 6) is 0.0883. The molecule has 0 unspecified atom stereocenters. The fourth-order valence-electron chi connectivity index (χ4n) is 2.90. The van der Waals surface area contributed by atoms with E-state index >= 15 is 0 Å². The van der Waals surface area contributed by atoms with Gasteiger partial charge < -0.3 is 5.32 Å². The van der Waals surface area contributed by atoms with Crippen LogP contribution >= 0.6 is 11.3 Å². The second-order valence-electron chi connectivity index (χ2n) is 6.26. The Morgan fingerprint density at radius 1 is 1.25 bits per heavy atom. The minimum atomic E-state index is -3.47. The van der Waals surface area contributed by atoms with Crippen LogP contribution in [-0.4, -0.2) is 37.7 Å². The van der Waals surface area contributed by atoms with Crippen molar-refractivity contribution in [2.24, 2.45) is 5.92 Å². The molecule has 1 aromatic carbocycles. The molecular formula is C16H21N3O3S2. The van der Waals surface area contributed by atoms with Crippen LogP contribution in [0.15, 0.2) is 23.1 Å². The van der Waals surface area contributed by atoms with Crippen LogP contribution in [0.25, 0.3) is 10.2 Å². The fraction of sp³-hybridized carbons (Fsp3) is 0.500. The van der Waals surface area contributed by atoms with Gasteiger partial charge >= 0.3 is 0 Å². The summed E-state index contributed by atoms with van der Waals surface area (Å²) < 4.78 is 26.3. The maximum Gasteiger partial charge on any atom is 0.242 e. The number of anilines is 1. The monoisotopic (exact) mass is 367 g/mol. The summed E-state index contributed by atoms with van der Waals surface area (Å²) in [4.78, 5) is 16.9. The van der Waals surface area contributed by atoms with Gasteiger partial charge in [0.1, 0.15) is 0 Å². The quantitative estimate of drug-likeness (QED) is 0.901. The lowest BCUT2D eigenvalue weighted by molar-refractivity contribution is -0.120. The summed E-state index contributed by atoms with van der Waals surface area (Å²) in [5.41, 5.74) is 0.691. The van der Waals surface area contributed by atoms with Gasteiger partial charge in [-0.1, -0.05) is 30.6 Å². The Morgan fingerprint density at radius 3 is 2.62 bits per heavy atom. The molecular weight excluding hydrogens is 346 g/mol. The number of thiazole rings is 1. The first-order chi connectivity index (χ1) is 11.4. The highest BCUT2D eigenvalue weighted by molar-refractivity contribution is 7.89. The minimum Gasteiger partial charge on any atom is -0.302 e. The molecule has 1 heterocycles. The zero-order chi connectivity index (χ0) is 17.3. The highest BCUT2D eigenvalue weighted by Gasteiger charge is 2.22. The van der Waals surface area contributed by atoms with Crippen molar-refractivity contribution in [2.45, 2.75) is 37.0 Å². The molecule has 24 heavy (non-hydrogen) atoms. The lowest BCUT2D eigenvalue weighted by Crippen LogP contribution is -2.24. The van der Waals surface area contributed by atoms with E-state index in [-0.39, 0.29) is 16.7 Å². The largest absolute Gasteiger partial charge is 0.302 e. The molecule has 0 saturated heterocycles. The van der Waals surface area contributed by atoms with Gasteiger partial charge in [-0.2, -0.15) is 0 Å². The van der Waals surface area contributed by atoms with Crippen LogP contribution in [0.1, 0.15) is 32.1 Å². The molecule has 3 rings (SSSR count). The Hall–Kier alpha value is -1.51. The minimum absolute atomic E-state index is 0.0230. The summed E-state index contributed by atoms with van der Waals surface area (Å²) in [5, 5.41) is 3.42. The number of hydrogen-bond acceptors (Lipinski definition) is 5. The van der Waals surface area contributed by atoms with Crippen LogP contribution < -0.4 is 5.32 Å². The third-order valence-corrected chi connectivity index (χ3v) is 7.09. The second-order valence-corrected chi connectivity index (χ2v) is 9.44. The first kappa shape index (κ1) is 17.3. The number of amides is 1. The highest BCUT2D eigenvalue weighted by atomic mass is 32.2. The van der Waals surface area contributed by atoms with Gasteiger partial charge in [-0.25, -0.2) is 17.7 Å². The van der Waals surface area contributed by atoms with Gasteiger partial charge in [0, 0.05) is 20.0 Å². The third kappa shape index (κ3) is 3.45. The predicted molar refractivity (Wildman–Crippen MR) is 95.7 cm³/mol. The maximum absolute atomic E-state index is 12.3. The standard InChI is InChI=1S/C16H21N3O3S2/c1-19(2)24(21,22)12-8-9-13-14(10-12)23-16(17-13)18-15(20)11-6-4-3-5-7-11/h8-11H,3-7H2,1-2H3,(H,17,18,20). The number of carbonyl (C=O) groups excluding carboxylic acids is 1. The summed E-state index contributed by atoms with van der Waals surface area (Å²) in [6.45, 7) is 0. The van der Waals surface area contributed by atoms with Crippen molar-refractivity contribution in [1.29, 1.82) is 0 Å². The van der Waals surface area contributed by atoms with E-state index in [0.717, 1.165) is 30.4 Å². The van der Waals surface area contributed by atoms with E-state index in [1.54, 1.807) is 18.2 Å². The molecule has 1 aliphatic carbocycles. The predicted octanol–water partition coefficient (Wildman–Crippen LogP) is 3.07. The number of sulfonamides is 1. The molecule has 1 N–H and O–H groups in total. The Labute approximate surface area is 145 Å². The molecule has 1 amide bonds. The van der Waals surface area contributed by atoms with E-state index in [9.17, 15) is 13.2 Å². The Morgan fingerprint density at radius 2 is 1.96 bits per heavy atom. The zero-order valence-corrected chi connectivity index (χ0v) is 15.4. The molecule has 6 nitrogen and oxygen atoms in total. The van der Waals surface area contributed by atoms with Gasteiger partial charge in [-0.05, 0) is 31.0 Å². The molecule has 2 aromatic rings. The summed E-state index contributed by atoms with van der Waals surface area (Å²) in [7, 11) is -0.470. The third-order valence-electron chi connectivity index (χ3n) is 4.34. The van der Waals surface area contributed by atoms with E-state index in [1.807, 2.05) is 0 Å². The summed E-state index contributed by atoms with van der Waals surface area (Å²) in [6, 6.07) is 4.83. The van der Waals surface area contributed by atoms with Crippen molar-refractivity contribution in [1.82, 2.24) is 9.29 Å². The topological polar surface area (TPSA) is 79.4 Å². The van der Waals surface area contributed by atoms with Gasteiger partial charge in [0.05, 0.1) is 15.1 Å². The first-order valence-electron chi connectivity index (χ1n) is 8.02. The Kier molecular flexibility index (Phi) is 4.89. The molecule has 0 spiro atoms. The number of nitrogens with one attached hydrogen (secondary N) is 1. The summed E-state index contributed by atoms with van der Waals surface area (Å²) >= 11 is 1.31. The van der Waals surface area contributed by atoms with Crippen molar-refractivity contribution in [3.63, 3.8) is 0 Å². The van der Waals surface area contributed by atoms with E-state index in [2.05, 4.69) is 10.3 Å². The van der Waals surface area contributed by atoms with Crippen LogP contribution in [0, 0.1) is 5.92 Å². The van der Waals surface area contributed by atoms with Crippen LogP contribution in [0.4, 0.5) is 5.13 Å². The van der Waals surface area contributed by atoms with E-state index in [1.165, 1.54) is 36.2 Å². The molecule has 1 aliphatic rings. The molecule has 1 fully saturated rings. The van der Waals surface area contributed by atoms with Crippen molar-refractivity contribution in [2.75, 3.05) is 19.4 Å². The van der Waals surface area contributed by atoms with Crippen molar-refractivity contribution >= 4 is 42.6 Å². The number of fused-ring (bicyclic) bond motifs is 1. The number of carbonyl (C=O) groups is 1. The Balaban J connectivity index is 1.82. The molecule has 0 aliphatic heterocycles. The molecule has 0 atom stereocenters.